The summed E-state index contributed by atoms with van der Waals surface area (Å²) in [6.07, 6.45) is 6.26. The molecule has 0 amide bonds. The molecule has 1 spiro atoms. The van der Waals surface area contributed by atoms with Crippen molar-refractivity contribution in [2.45, 2.75) is 64.1 Å². The van der Waals surface area contributed by atoms with Gasteiger partial charge in [-0.15, -0.1) is 0 Å². The standard InChI is InChI=1S/C20H34O5/c1-14-9-19-11-18(2,25-13-19)17(24)4-3-16(19)20(14,12-23)7-5-15(10-22)6-8-21/h6,14,16-17,21-24H,3-5,7-13H2,1-2H3/b15-6-/t14-,16+,17-,18-,19-,20-/m1/s1. The van der Waals surface area contributed by atoms with Crippen molar-refractivity contribution in [1.29, 1.82) is 0 Å². The normalized spacial score (nSPS) is 47.0. The summed E-state index contributed by atoms with van der Waals surface area (Å²) in [5.41, 5.74) is 0.230. The van der Waals surface area contributed by atoms with E-state index >= 15 is 0 Å². The predicted molar refractivity (Wildman–Crippen MR) is 94.9 cm³/mol. The molecule has 0 aromatic heterocycles. The largest absolute Gasteiger partial charge is 0.396 e. The molecule has 5 nitrogen and oxygen atoms in total. The van der Waals surface area contributed by atoms with E-state index in [9.17, 15) is 15.3 Å². The summed E-state index contributed by atoms with van der Waals surface area (Å²) in [6, 6.07) is 0. The van der Waals surface area contributed by atoms with Crippen LogP contribution in [0, 0.1) is 22.7 Å². The highest BCUT2D eigenvalue weighted by molar-refractivity contribution is 5.16. The van der Waals surface area contributed by atoms with E-state index < -0.39 is 11.7 Å². The van der Waals surface area contributed by atoms with Crippen molar-refractivity contribution in [2.24, 2.45) is 22.7 Å². The third kappa shape index (κ3) is 2.98. The van der Waals surface area contributed by atoms with Crippen LogP contribution in [0.15, 0.2) is 11.6 Å². The Bertz CT molecular complexity index is 520. The second-order valence-electron chi connectivity index (χ2n) is 8.99. The zero-order valence-electron chi connectivity index (χ0n) is 15.6. The molecule has 3 rings (SSSR count). The number of fused-ring (bicyclic) bond motifs is 1. The molecule has 0 aromatic carbocycles. The molecule has 0 unspecified atom stereocenters. The quantitative estimate of drug-likeness (QED) is 0.545. The van der Waals surface area contributed by atoms with Crippen molar-refractivity contribution < 1.29 is 25.2 Å². The van der Waals surface area contributed by atoms with Crippen molar-refractivity contribution in [3.8, 4) is 0 Å². The highest BCUT2D eigenvalue weighted by Gasteiger charge is 2.66. The summed E-state index contributed by atoms with van der Waals surface area (Å²) < 4.78 is 6.12. The summed E-state index contributed by atoms with van der Waals surface area (Å²) >= 11 is 0. The van der Waals surface area contributed by atoms with Gasteiger partial charge in [-0.2, -0.15) is 0 Å². The van der Waals surface area contributed by atoms with Crippen molar-refractivity contribution >= 4 is 0 Å². The minimum atomic E-state index is -0.451. The topological polar surface area (TPSA) is 90.2 Å². The molecule has 25 heavy (non-hydrogen) atoms. The predicted octanol–water partition coefficient (Wildman–Crippen LogP) is 1.63. The molecule has 4 N–H and O–H groups in total. The van der Waals surface area contributed by atoms with Crippen LogP contribution in [0.4, 0.5) is 0 Å². The van der Waals surface area contributed by atoms with Crippen LogP contribution >= 0.6 is 0 Å². The molecule has 6 atom stereocenters. The monoisotopic (exact) mass is 354 g/mol. The molecule has 0 aromatic rings. The number of hydrogen-bond acceptors (Lipinski definition) is 5. The Morgan fingerprint density at radius 2 is 2.00 bits per heavy atom. The van der Waals surface area contributed by atoms with Crippen LogP contribution < -0.4 is 0 Å². The average molecular weight is 354 g/mol. The molecule has 1 heterocycles. The lowest BCUT2D eigenvalue weighted by Crippen LogP contribution is -2.40. The summed E-state index contributed by atoms with van der Waals surface area (Å²) in [7, 11) is 0. The maximum atomic E-state index is 10.6. The van der Waals surface area contributed by atoms with E-state index in [-0.39, 0.29) is 30.7 Å². The van der Waals surface area contributed by atoms with Gasteiger partial charge in [-0.1, -0.05) is 13.0 Å². The fourth-order valence-electron chi connectivity index (χ4n) is 6.34. The number of ether oxygens (including phenoxy) is 1. The van der Waals surface area contributed by atoms with Gasteiger partial charge in [0.15, 0.2) is 0 Å². The van der Waals surface area contributed by atoms with E-state index in [1.807, 2.05) is 6.92 Å². The lowest BCUT2D eigenvalue weighted by atomic mass is 9.63. The molecule has 1 aliphatic heterocycles. The average Bonchev–Trinajstić information content (AvgIpc) is 3.01. The highest BCUT2D eigenvalue weighted by atomic mass is 16.5. The molecule has 3 fully saturated rings. The van der Waals surface area contributed by atoms with Gasteiger partial charge >= 0.3 is 0 Å². The number of aliphatic hydroxyl groups excluding tert-OH is 4. The highest BCUT2D eigenvalue weighted by Crippen LogP contribution is 2.67. The lowest BCUT2D eigenvalue weighted by Gasteiger charge is -2.42. The maximum absolute atomic E-state index is 10.6. The molecule has 0 radical (unpaired) electrons. The summed E-state index contributed by atoms with van der Waals surface area (Å²) in [6.45, 7) is 4.96. The first-order valence-corrected chi connectivity index (χ1v) is 9.68. The summed E-state index contributed by atoms with van der Waals surface area (Å²) in [5.74, 6) is 0.700. The Hall–Kier alpha value is -0.460. The van der Waals surface area contributed by atoms with Crippen LogP contribution in [0.2, 0.25) is 0 Å². The molecule has 3 aliphatic rings. The van der Waals surface area contributed by atoms with Crippen molar-refractivity contribution in [3.63, 3.8) is 0 Å². The molecular weight excluding hydrogens is 320 g/mol. The van der Waals surface area contributed by atoms with Crippen LogP contribution in [0.5, 0.6) is 0 Å². The van der Waals surface area contributed by atoms with E-state index in [0.29, 0.717) is 24.9 Å². The molecular formula is C20H34O5. The summed E-state index contributed by atoms with van der Waals surface area (Å²) in [5, 5.41) is 39.6. The van der Waals surface area contributed by atoms with Crippen molar-refractivity contribution in [3.05, 3.63) is 11.6 Å². The fraction of sp³-hybridized carbons (Fsp3) is 0.900. The Morgan fingerprint density at radius 3 is 2.64 bits per heavy atom. The van der Waals surface area contributed by atoms with Crippen LogP contribution in [-0.4, -0.2) is 58.6 Å². The molecule has 2 aliphatic carbocycles. The van der Waals surface area contributed by atoms with Gasteiger partial charge in [-0.25, -0.2) is 0 Å². The number of rotatable bonds is 6. The summed E-state index contributed by atoms with van der Waals surface area (Å²) in [4.78, 5) is 0. The first kappa shape index (κ1) is 19.3. The Balaban J connectivity index is 1.88. The van der Waals surface area contributed by atoms with Gasteiger partial charge in [0.25, 0.3) is 0 Å². The zero-order valence-corrected chi connectivity index (χ0v) is 15.6. The molecule has 2 bridgehead atoms. The minimum absolute atomic E-state index is 0.0494. The van der Waals surface area contributed by atoms with E-state index in [2.05, 4.69) is 6.92 Å². The minimum Gasteiger partial charge on any atom is -0.396 e. The third-order valence-electron chi connectivity index (χ3n) is 7.74. The van der Waals surface area contributed by atoms with Crippen molar-refractivity contribution in [2.75, 3.05) is 26.4 Å². The van der Waals surface area contributed by atoms with Gasteiger partial charge in [0.1, 0.15) is 0 Å². The van der Waals surface area contributed by atoms with E-state index in [1.54, 1.807) is 6.08 Å². The van der Waals surface area contributed by atoms with Crippen LogP contribution in [0.3, 0.4) is 0 Å². The third-order valence-corrected chi connectivity index (χ3v) is 7.74. The molecule has 1 saturated heterocycles. The van der Waals surface area contributed by atoms with E-state index in [0.717, 1.165) is 37.7 Å². The van der Waals surface area contributed by atoms with Gasteiger partial charge < -0.3 is 25.2 Å². The van der Waals surface area contributed by atoms with Gasteiger partial charge in [-0.05, 0) is 68.3 Å². The second kappa shape index (κ2) is 6.93. The Morgan fingerprint density at radius 1 is 1.24 bits per heavy atom. The zero-order chi connectivity index (χ0) is 18.3. The lowest BCUT2D eigenvalue weighted by molar-refractivity contribution is -0.0917. The fourth-order valence-corrected chi connectivity index (χ4v) is 6.34. The van der Waals surface area contributed by atoms with Gasteiger partial charge in [-0.3, -0.25) is 0 Å². The molecule has 144 valence electrons. The Kier molecular flexibility index (Phi) is 5.35. The smallest absolute Gasteiger partial charge is 0.0918 e. The van der Waals surface area contributed by atoms with Crippen molar-refractivity contribution in [1.82, 2.24) is 0 Å². The Labute approximate surface area is 150 Å². The number of aliphatic hydroxyl groups is 4. The molecule has 5 heteroatoms. The maximum Gasteiger partial charge on any atom is 0.0918 e. The van der Waals surface area contributed by atoms with Crippen LogP contribution in [0.1, 0.15) is 52.4 Å². The first-order valence-electron chi connectivity index (χ1n) is 9.68. The SMILES string of the molecule is C[C@@H]1C[C@]23CO[C@](C)(C2)[C@H](O)CC[C@@H]3[C@@]1(CO)CC/C(=C/CO)CO. The van der Waals surface area contributed by atoms with Gasteiger partial charge in [0, 0.05) is 12.0 Å². The van der Waals surface area contributed by atoms with Gasteiger partial charge in [0.2, 0.25) is 0 Å². The molecule has 2 saturated carbocycles. The second-order valence-corrected chi connectivity index (χ2v) is 8.99. The van der Waals surface area contributed by atoms with Gasteiger partial charge in [0.05, 0.1) is 31.5 Å². The number of hydrogen-bond donors (Lipinski definition) is 4. The first-order chi connectivity index (χ1) is 11.9. The van der Waals surface area contributed by atoms with E-state index in [1.165, 1.54) is 0 Å². The van der Waals surface area contributed by atoms with E-state index in [4.69, 9.17) is 9.84 Å². The van der Waals surface area contributed by atoms with Crippen LogP contribution in [0.25, 0.3) is 0 Å². The van der Waals surface area contributed by atoms with Crippen LogP contribution in [-0.2, 0) is 4.74 Å².